The zero-order valence-corrected chi connectivity index (χ0v) is 10.1. The molecule has 2 rings (SSSR count). The summed E-state index contributed by atoms with van der Waals surface area (Å²) in [4.78, 5) is 4.92. The molecule has 0 aliphatic carbocycles. The second kappa shape index (κ2) is 5.49. The molecule has 0 radical (unpaired) electrons. The molecule has 1 saturated heterocycles. The van der Waals surface area contributed by atoms with Crippen LogP contribution in [-0.2, 0) is 0 Å². The molecular formula is C11H19N3S. The Morgan fingerprint density at radius 1 is 1.33 bits per heavy atom. The molecule has 15 heavy (non-hydrogen) atoms. The summed E-state index contributed by atoms with van der Waals surface area (Å²) in [5.74, 6) is 0. The molecule has 4 heteroatoms. The van der Waals surface area contributed by atoms with Gasteiger partial charge in [0, 0.05) is 50.3 Å². The summed E-state index contributed by atoms with van der Waals surface area (Å²) >= 11 is 1.74. The Hall–Kier alpha value is -0.580. The van der Waals surface area contributed by atoms with Crippen LogP contribution in [0.3, 0.4) is 0 Å². The Labute approximate surface area is 95.7 Å². The zero-order valence-electron chi connectivity index (χ0n) is 9.28. The number of rotatable bonds is 4. The largest absolute Gasteiger partial charge is 0.383 e. The molecule has 1 aromatic rings. The van der Waals surface area contributed by atoms with Crippen LogP contribution in [0.4, 0.5) is 5.69 Å². The fraction of sp³-hybridized carbons (Fsp3) is 0.636. The molecule has 3 nitrogen and oxygen atoms in total. The SMILES string of the molecule is CN1CCN(CCNc2ccsc2)CC1. The van der Waals surface area contributed by atoms with Crippen LogP contribution in [0, 0.1) is 0 Å². The van der Waals surface area contributed by atoms with E-state index in [2.05, 4.69) is 39.0 Å². The highest BCUT2D eigenvalue weighted by Crippen LogP contribution is 2.11. The highest BCUT2D eigenvalue weighted by Gasteiger charge is 2.12. The number of thiophene rings is 1. The molecule has 84 valence electrons. The van der Waals surface area contributed by atoms with Crippen LogP contribution in [0.1, 0.15) is 0 Å². The number of hydrogen-bond acceptors (Lipinski definition) is 4. The van der Waals surface area contributed by atoms with Crippen molar-refractivity contribution >= 4 is 17.0 Å². The van der Waals surface area contributed by atoms with Gasteiger partial charge in [-0.25, -0.2) is 0 Å². The van der Waals surface area contributed by atoms with Crippen LogP contribution in [0.5, 0.6) is 0 Å². The summed E-state index contributed by atoms with van der Waals surface area (Å²) in [7, 11) is 2.20. The molecule has 0 amide bonds. The molecule has 0 spiro atoms. The lowest BCUT2D eigenvalue weighted by Gasteiger charge is -2.32. The first kappa shape index (κ1) is 10.9. The fourth-order valence-corrected chi connectivity index (χ4v) is 2.41. The van der Waals surface area contributed by atoms with Crippen molar-refractivity contribution in [2.24, 2.45) is 0 Å². The van der Waals surface area contributed by atoms with Gasteiger partial charge in [-0.3, -0.25) is 4.90 Å². The monoisotopic (exact) mass is 225 g/mol. The van der Waals surface area contributed by atoms with Gasteiger partial charge in [0.15, 0.2) is 0 Å². The van der Waals surface area contributed by atoms with E-state index >= 15 is 0 Å². The van der Waals surface area contributed by atoms with E-state index in [1.807, 2.05) is 0 Å². The number of likely N-dealkylation sites (N-methyl/N-ethyl adjacent to an activating group) is 1. The summed E-state index contributed by atoms with van der Waals surface area (Å²) < 4.78 is 0. The van der Waals surface area contributed by atoms with Crippen molar-refractivity contribution in [1.29, 1.82) is 0 Å². The van der Waals surface area contributed by atoms with E-state index in [-0.39, 0.29) is 0 Å². The van der Waals surface area contributed by atoms with E-state index in [0.29, 0.717) is 0 Å². The van der Waals surface area contributed by atoms with Crippen molar-refractivity contribution < 1.29 is 0 Å². The van der Waals surface area contributed by atoms with Gasteiger partial charge in [0.2, 0.25) is 0 Å². The molecule has 0 bridgehead atoms. The average Bonchev–Trinajstić information content (AvgIpc) is 2.74. The number of nitrogens with zero attached hydrogens (tertiary/aromatic N) is 2. The maximum atomic E-state index is 3.44. The van der Waals surface area contributed by atoms with Gasteiger partial charge in [0.05, 0.1) is 0 Å². The summed E-state index contributed by atoms with van der Waals surface area (Å²) in [5.41, 5.74) is 1.26. The number of hydrogen-bond donors (Lipinski definition) is 1. The second-order valence-corrected chi connectivity index (χ2v) is 4.86. The summed E-state index contributed by atoms with van der Waals surface area (Å²) in [5, 5.41) is 7.70. The van der Waals surface area contributed by atoms with E-state index in [1.165, 1.54) is 31.9 Å². The maximum absolute atomic E-state index is 3.44. The van der Waals surface area contributed by atoms with E-state index in [0.717, 1.165) is 13.1 Å². The lowest BCUT2D eigenvalue weighted by Crippen LogP contribution is -2.45. The summed E-state index contributed by atoms with van der Waals surface area (Å²) in [6.45, 7) is 7.05. The van der Waals surface area contributed by atoms with E-state index in [9.17, 15) is 0 Å². The number of nitrogens with one attached hydrogen (secondary N) is 1. The van der Waals surface area contributed by atoms with Gasteiger partial charge < -0.3 is 10.2 Å². The van der Waals surface area contributed by atoms with Crippen molar-refractivity contribution in [3.8, 4) is 0 Å². The molecule has 0 atom stereocenters. The summed E-state index contributed by atoms with van der Waals surface area (Å²) in [6, 6.07) is 2.13. The Morgan fingerprint density at radius 3 is 2.80 bits per heavy atom. The predicted molar refractivity (Wildman–Crippen MR) is 66.7 cm³/mol. The second-order valence-electron chi connectivity index (χ2n) is 4.08. The van der Waals surface area contributed by atoms with Gasteiger partial charge >= 0.3 is 0 Å². The molecule has 0 aromatic carbocycles. The van der Waals surface area contributed by atoms with Crippen molar-refractivity contribution in [1.82, 2.24) is 9.80 Å². The third kappa shape index (κ3) is 3.48. The van der Waals surface area contributed by atoms with Gasteiger partial charge in [-0.1, -0.05) is 0 Å². The minimum atomic E-state index is 1.06. The first-order chi connectivity index (χ1) is 7.34. The standard InChI is InChI=1S/C11H19N3S/c1-13-5-7-14(8-6-13)4-3-12-11-2-9-15-10-11/h2,9-10,12H,3-8H2,1H3. The summed E-state index contributed by atoms with van der Waals surface area (Å²) in [6.07, 6.45) is 0. The highest BCUT2D eigenvalue weighted by molar-refractivity contribution is 7.08. The molecule has 0 saturated carbocycles. The third-order valence-electron chi connectivity index (χ3n) is 2.87. The molecular weight excluding hydrogens is 206 g/mol. The Bertz CT molecular complexity index is 265. The van der Waals surface area contributed by atoms with Crippen LogP contribution < -0.4 is 5.32 Å². The van der Waals surface area contributed by atoms with Crippen molar-refractivity contribution in [2.45, 2.75) is 0 Å². The lowest BCUT2D eigenvalue weighted by atomic mass is 10.3. The number of piperazine rings is 1. The molecule has 1 aliphatic heterocycles. The zero-order chi connectivity index (χ0) is 10.5. The maximum Gasteiger partial charge on any atom is 0.0449 e. The van der Waals surface area contributed by atoms with Crippen LogP contribution in [-0.4, -0.2) is 56.1 Å². The molecule has 1 aliphatic rings. The smallest absolute Gasteiger partial charge is 0.0449 e. The number of anilines is 1. The normalized spacial score (nSPS) is 19.3. The molecule has 1 aromatic heterocycles. The highest BCUT2D eigenvalue weighted by atomic mass is 32.1. The van der Waals surface area contributed by atoms with E-state index in [4.69, 9.17) is 0 Å². The van der Waals surface area contributed by atoms with Crippen LogP contribution in [0.25, 0.3) is 0 Å². The van der Waals surface area contributed by atoms with Crippen LogP contribution in [0.2, 0.25) is 0 Å². The van der Waals surface area contributed by atoms with Gasteiger partial charge in [-0.05, 0) is 18.5 Å². The van der Waals surface area contributed by atoms with E-state index < -0.39 is 0 Å². The molecule has 1 fully saturated rings. The first-order valence-electron chi connectivity index (χ1n) is 5.51. The van der Waals surface area contributed by atoms with Crippen LogP contribution >= 0.6 is 11.3 Å². The first-order valence-corrected chi connectivity index (χ1v) is 6.46. The Balaban J connectivity index is 1.62. The Kier molecular flexibility index (Phi) is 4.00. The quantitative estimate of drug-likeness (QED) is 0.836. The van der Waals surface area contributed by atoms with Crippen molar-refractivity contribution in [3.05, 3.63) is 16.8 Å². The molecule has 0 unspecified atom stereocenters. The minimum Gasteiger partial charge on any atom is -0.383 e. The molecule has 1 N–H and O–H groups in total. The fourth-order valence-electron chi connectivity index (χ4n) is 1.79. The Morgan fingerprint density at radius 2 is 2.13 bits per heavy atom. The predicted octanol–water partition coefficient (Wildman–Crippen LogP) is 1.41. The van der Waals surface area contributed by atoms with Gasteiger partial charge in [0.25, 0.3) is 0 Å². The minimum absolute atomic E-state index is 1.06. The molecule has 2 heterocycles. The van der Waals surface area contributed by atoms with Crippen molar-refractivity contribution in [3.63, 3.8) is 0 Å². The van der Waals surface area contributed by atoms with Gasteiger partial charge in [-0.2, -0.15) is 11.3 Å². The lowest BCUT2D eigenvalue weighted by molar-refractivity contribution is 0.158. The average molecular weight is 225 g/mol. The third-order valence-corrected chi connectivity index (χ3v) is 3.56. The van der Waals surface area contributed by atoms with E-state index in [1.54, 1.807) is 11.3 Å². The topological polar surface area (TPSA) is 18.5 Å². The van der Waals surface area contributed by atoms with Gasteiger partial charge in [0.1, 0.15) is 0 Å². The van der Waals surface area contributed by atoms with Crippen molar-refractivity contribution in [2.75, 3.05) is 51.6 Å². The van der Waals surface area contributed by atoms with Gasteiger partial charge in [-0.15, -0.1) is 0 Å². The van der Waals surface area contributed by atoms with Crippen LogP contribution in [0.15, 0.2) is 16.8 Å².